The van der Waals surface area contributed by atoms with Crippen molar-refractivity contribution in [2.75, 3.05) is 26.1 Å². The molecule has 0 amide bonds. The summed E-state index contributed by atoms with van der Waals surface area (Å²) >= 11 is 0. The van der Waals surface area contributed by atoms with Gasteiger partial charge in [-0.05, 0) is 24.1 Å². The Hall–Kier alpha value is -1.55. The van der Waals surface area contributed by atoms with Crippen molar-refractivity contribution in [1.29, 1.82) is 0 Å². The van der Waals surface area contributed by atoms with Crippen molar-refractivity contribution in [1.82, 2.24) is 0 Å². The van der Waals surface area contributed by atoms with Crippen LogP contribution in [0, 0.1) is 0 Å². The number of hydrogen-bond acceptors (Lipinski definition) is 4. The Bertz CT molecular complexity index is 360. The van der Waals surface area contributed by atoms with E-state index in [1.165, 1.54) is 7.11 Å². The number of nitrogens with zero attached hydrogens (tertiary/aromatic N) is 1. The summed E-state index contributed by atoms with van der Waals surface area (Å²) in [4.78, 5) is 13.0. The normalized spacial score (nSPS) is 12.0. The van der Waals surface area contributed by atoms with Crippen LogP contribution in [-0.4, -0.2) is 27.2 Å². The van der Waals surface area contributed by atoms with Crippen LogP contribution in [0.4, 0.5) is 5.69 Å². The predicted octanol–water partition coefficient (Wildman–Crippen LogP) is 1.71. The third-order valence-electron chi connectivity index (χ3n) is 2.72. The molecule has 0 aliphatic carbocycles. The maximum absolute atomic E-state index is 11.0. The molecule has 1 unspecified atom stereocenters. The highest BCUT2D eigenvalue weighted by Gasteiger charge is 2.09. The zero-order valence-electron chi connectivity index (χ0n) is 10.6. The van der Waals surface area contributed by atoms with Gasteiger partial charge in [-0.3, -0.25) is 4.79 Å². The molecule has 0 saturated carbocycles. The number of carbonyl (C=O) groups is 1. The van der Waals surface area contributed by atoms with Crippen molar-refractivity contribution < 1.29 is 9.53 Å². The molecule has 1 aromatic rings. The van der Waals surface area contributed by atoms with Gasteiger partial charge in [-0.2, -0.15) is 0 Å². The van der Waals surface area contributed by atoms with Gasteiger partial charge in [-0.1, -0.05) is 12.1 Å². The van der Waals surface area contributed by atoms with Gasteiger partial charge >= 0.3 is 5.97 Å². The number of methoxy groups -OCH3 is 1. The third kappa shape index (κ3) is 4.07. The van der Waals surface area contributed by atoms with Crippen LogP contribution in [0.1, 0.15) is 24.4 Å². The molecule has 0 aromatic heterocycles. The van der Waals surface area contributed by atoms with Crippen LogP contribution in [0.15, 0.2) is 24.3 Å². The van der Waals surface area contributed by atoms with E-state index in [4.69, 9.17) is 5.73 Å². The van der Waals surface area contributed by atoms with Crippen LogP contribution in [0.3, 0.4) is 0 Å². The number of ether oxygens (including phenoxy) is 1. The molecule has 0 bridgehead atoms. The second-order valence-electron chi connectivity index (χ2n) is 4.21. The minimum absolute atomic E-state index is 0.120. The largest absolute Gasteiger partial charge is 0.469 e. The molecule has 1 aromatic carbocycles. The molecule has 1 rings (SSSR count). The number of benzene rings is 1. The number of hydrogen-bond donors (Lipinski definition) is 1. The molecule has 4 nitrogen and oxygen atoms in total. The fourth-order valence-corrected chi connectivity index (χ4v) is 1.56. The molecule has 4 heteroatoms. The van der Waals surface area contributed by atoms with Gasteiger partial charge in [0.1, 0.15) is 0 Å². The SMILES string of the molecule is COC(=O)CCC(N)c1ccc(N(C)C)cc1. The van der Waals surface area contributed by atoms with E-state index >= 15 is 0 Å². The van der Waals surface area contributed by atoms with Crippen molar-refractivity contribution in [3.05, 3.63) is 29.8 Å². The van der Waals surface area contributed by atoms with Gasteiger partial charge in [0.2, 0.25) is 0 Å². The minimum Gasteiger partial charge on any atom is -0.469 e. The molecule has 0 heterocycles. The van der Waals surface area contributed by atoms with E-state index in [1.807, 2.05) is 43.3 Å². The highest BCUT2D eigenvalue weighted by Crippen LogP contribution is 2.19. The Balaban J connectivity index is 2.57. The van der Waals surface area contributed by atoms with Gasteiger partial charge in [0.15, 0.2) is 0 Å². The van der Waals surface area contributed by atoms with Crippen molar-refractivity contribution >= 4 is 11.7 Å². The zero-order valence-corrected chi connectivity index (χ0v) is 10.6. The highest BCUT2D eigenvalue weighted by atomic mass is 16.5. The van der Waals surface area contributed by atoms with E-state index in [9.17, 15) is 4.79 Å². The van der Waals surface area contributed by atoms with E-state index in [2.05, 4.69) is 4.74 Å². The first kappa shape index (κ1) is 13.5. The van der Waals surface area contributed by atoms with E-state index in [0.29, 0.717) is 12.8 Å². The van der Waals surface area contributed by atoms with Crippen molar-refractivity contribution in [3.63, 3.8) is 0 Å². The lowest BCUT2D eigenvalue weighted by Gasteiger charge is -2.15. The number of rotatable bonds is 5. The average molecular weight is 236 g/mol. The maximum atomic E-state index is 11.0. The molecule has 0 fully saturated rings. The van der Waals surface area contributed by atoms with E-state index in [1.54, 1.807) is 0 Å². The quantitative estimate of drug-likeness (QED) is 0.791. The second kappa shape index (κ2) is 6.25. The lowest BCUT2D eigenvalue weighted by atomic mass is 10.0. The predicted molar refractivity (Wildman–Crippen MR) is 68.9 cm³/mol. The smallest absolute Gasteiger partial charge is 0.305 e. The van der Waals surface area contributed by atoms with Gasteiger partial charge in [-0.25, -0.2) is 0 Å². The summed E-state index contributed by atoms with van der Waals surface area (Å²) in [5.74, 6) is -0.217. The van der Waals surface area contributed by atoms with Crippen molar-refractivity contribution in [2.45, 2.75) is 18.9 Å². The number of carbonyl (C=O) groups excluding carboxylic acids is 1. The molecule has 0 aliphatic rings. The molecular weight excluding hydrogens is 216 g/mol. The second-order valence-corrected chi connectivity index (χ2v) is 4.21. The lowest BCUT2D eigenvalue weighted by molar-refractivity contribution is -0.140. The fraction of sp³-hybridized carbons (Fsp3) is 0.462. The molecule has 0 radical (unpaired) electrons. The first-order chi connectivity index (χ1) is 8.04. The van der Waals surface area contributed by atoms with Gasteiger partial charge in [0, 0.05) is 32.2 Å². The van der Waals surface area contributed by atoms with Crippen LogP contribution in [0.25, 0.3) is 0 Å². The number of nitrogens with two attached hydrogens (primary N) is 1. The summed E-state index contributed by atoms with van der Waals surface area (Å²) in [5, 5.41) is 0. The standard InChI is InChI=1S/C13H20N2O2/c1-15(2)11-6-4-10(5-7-11)12(14)8-9-13(16)17-3/h4-7,12H,8-9,14H2,1-3H3. The first-order valence-corrected chi connectivity index (χ1v) is 5.64. The monoisotopic (exact) mass is 236 g/mol. The molecule has 2 N–H and O–H groups in total. The van der Waals surface area contributed by atoms with Crippen LogP contribution < -0.4 is 10.6 Å². The first-order valence-electron chi connectivity index (χ1n) is 5.64. The Morgan fingerprint density at radius 3 is 2.41 bits per heavy atom. The van der Waals surface area contributed by atoms with E-state index in [0.717, 1.165) is 11.3 Å². The molecular formula is C13H20N2O2. The summed E-state index contributed by atoms with van der Waals surface area (Å²) in [7, 11) is 5.37. The van der Waals surface area contributed by atoms with E-state index in [-0.39, 0.29) is 12.0 Å². The zero-order chi connectivity index (χ0) is 12.8. The number of esters is 1. The van der Waals surface area contributed by atoms with Gasteiger partial charge < -0.3 is 15.4 Å². The van der Waals surface area contributed by atoms with Crippen LogP contribution >= 0.6 is 0 Å². The molecule has 0 saturated heterocycles. The van der Waals surface area contributed by atoms with Crippen LogP contribution in [0.2, 0.25) is 0 Å². The van der Waals surface area contributed by atoms with Crippen LogP contribution in [-0.2, 0) is 9.53 Å². The fourth-order valence-electron chi connectivity index (χ4n) is 1.56. The minimum atomic E-state index is -0.217. The topological polar surface area (TPSA) is 55.6 Å². The summed E-state index contributed by atoms with van der Waals surface area (Å²) < 4.78 is 4.59. The molecule has 0 aliphatic heterocycles. The van der Waals surface area contributed by atoms with Gasteiger partial charge in [-0.15, -0.1) is 0 Å². The number of anilines is 1. The maximum Gasteiger partial charge on any atom is 0.305 e. The summed E-state index contributed by atoms with van der Waals surface area (Å²) in [6.07, 6.45) is 0.959. The molecule has 17 heavy (non-hydrogen) atoms. The lowest BCUT2D eigenvalue weighted by Crippen LogP contribution is -2.13. The third-order valence-corrected chi connectivity index (χ3v) is 2.72. The summed E-state index contributed by atoms with van der Waals surface area (Å²) in [6, 6.07) is 7.92. The van der Waals surface area contributed by atoms with Crippen molar-refractivity contribution in [2.24, 2.45) is 5.73 Å². The average Bonchev–Trinajstić information content (AvgIpc) is 2.35. The Morgan fingerprint density at radius 1 is 1.35 bits per heavy atom. The molecule has 94 valence electrons. The Kier molecular flexibility index (Phi) is 4.97. The Labute approximate surface area is 102 Å². The van der Waals surface area contributed by atoms with E-state index < -0.39 is 0 Å². The highest BCUT2D eigenvalue weighted by molar-refractivity contribution is 5.69. The van der Waals surface area contributed by atoms with Crippen molar-refractivity contribution in [3.8, 4) is 0 Å². The summed E-state index contributed by atoms with van der Waals surface area (Å²) in [5.41, 5.74) is 8.18. The van der Waals surface area contributed by atoms with Gasteiger partial charge in [0.05, 0.1) is 7.11 Å². The summed E-state index contributed by atoms with van der Waals surface area (Å²) in [6.45, 7) is 0. The Morgan fingerprint density at radius 2 is 1.94 bits per heavy atom. The van der Waals surface area contributed by atoms with Gasteiger partial charge in [0.25, 0.3) is 0 Å². The molecule has 1 atom stereocenters. The molecule has 0 spiro atoms. The van der Waals surface area contributed by atoms with Crippen LogP contribution in [0.5, 0.6) is 0 Å².